The molecule has 1 saturated heterocycles. The van der Waals surface area contributed by atoms with E-state index >= 15 is 0 Å². The number of hydrazine groups is 1. The van der Waals surface area contributed by atoms with Crippen molar-refractivity contribution in [3.8, 4) is 0 Å². The number of hydrogen-bond donors (Lipinski definition) is 3. The summed E-state index contributed by atoms with van der Waals surface area (Å²) in [5.74, 6) is 5.37. The van der Waals surface area contributed by atoms with Crippen LogP contribution in [0.1, 0.15) is 13.3 Å². The number of pyridine rings is 1. The molecule has 1 aliphatic heterocycles. The van der Waals surface area contributed by atoms with Crippen LogP contribution < -0.4 is 11.3 Å². The van der Waals surface area contributed by atoms with Gasteiger partial charge in [-0.1, -0.05) is 11.6 Å². The molecule has 9 heteroatoms. The second kappa shape index (κ2) is 5.82. The Morgan fingerprint density at radius 1 is 1.65 bits per heavy atom. The highest BCUT2D eigenvalue weighted by Crippen LogP contribution is 2.28. The summed E-state index contributed by atoms with van der Waals surface area (Å²) >= 11 is 5.89. The summed E-state index contributed by atoms with van der Waals surface area (Å²) in [5.41, 5.74) is 2.28. The van der Waals surface area contributed by atoms with Crippen molar-refractivity contribution in [3.63, 3.8) is 0 Å². The van der Waals surface area contributed by atoms with Crippen molar-refractivity contribution in [2.75, 3.05) is 18.5 Å². The third kappa shape index (κ3) is 2.89. The summed E-state index contributed by atoms with van der Waals surface area (Å²) in [4.78, 5) is 3.89. The second-order valence-electron chi connectivity index (χ2n) is 4.80. The molecule has 1 aromatic rings. The van der Waals surface area contributed by atoms with Crippen molar-refractivity contribution in [2.24, 2.45) is 11.8 Å². The van der Waals surface area contributed by atoms with Crippen LogP contribution in [-0.2, 0) is 10.0 Å². The molecule has 0 amide bonds. The van der Waals surface area contributed by atoms with Gasteiger partial charge in [0.05, 0.1) is 11.1 Å². The molecule has 7 nitrogen and oxygen atoms in total. The molecule has 0 aliphatic carbocycles. The topological polar surface area (TPSA) is 109 Å². The van der Waals surface area contributed by atoms with E-state index in [2.05, 4.69) is 10.4 Å². The van der Waals surface area contributed by atoms with E-state index in [-0.39, 0.29) is 21.7 Å². The number of nitrogens with two attached hydrogens (primary N) is 1. The molecule has 112 valence electrons. The fourth-order valence-electron chi connectivity index (χ4n) is 2.18. The zero-order valence-corrected chi connectivity index (χ0v) is 12.5. The number of anilines is 1. The predicted molar refractivity (Wildman–Crippen MR) is 75.6 cm³/mol. The van der Waals surface area contributed by atoms with Crippen LogP contribution in [0, 0.1) is 5.92 Å². The van der Waals surface area contributed by atoms with E-state index < -0.39 is 16.1 Å². The third-order valence-corrected chi connectivity index (χ3v) is 5.58. The molecule has 2 unspecified atom stereocenters. The number of halogens is 1. The fourth-order valence-corrected chi connectivity index (χ4v) is 3.95. The lowest BCUT2D eigenvalue weighted by Crippen LogP contribution is -2.30. The zero-order chi connectivity index (χ0) is 14.9. The first-order valence-corrected chi connectivity index (χ1v) is 7.98. The fraction of sp³-hybridized carbons (Fsp3) is 0.545. The molecule has 0 bridgehead atoms. The number of aromatic nitrogens is 1. The van der Waals surface area contributed by atoms with Gasteiger partial charge in [-0.25, -0.2) is 19.2 Å². The molecular weight excluding hydrogens is 304 g/mol. The number of nitrogen functional groups attached to an aromatic ring is 1. The van der Waals surface area contributed by atoms with Gasteiger partial charge in [0.25, 0.3) is 0 Å². The molecule has 0 spiro atoms. The Balaban J connectivity index is 2.25. The molecule has 0 saturated carbocycles. The molecule has 2 atom stereocenters. The maximum absolute atomic E-state index is 12.4. The minimum absolute atomic E-state index is 0.0211. The largest absolute Gasteiger partial charge is 0.393 e. The Labute approximate surface area is 122 Å². The van der Waals surface area contributed by atoms with Crippen molar-refractivity contribution in [1.29, 1.82) is 0 Å². The normalized spacial score (nSPS) is 21.9. The molecule has 2 heterocycles. The zero-order valence-electron chi connectivity index (χ0n) is 11.0. The van der Waals surface area contributed by atoms with Crippen molar-refractivity contribution in [2.45, 2.75) is 24.3 Å². The van der Waals surface area contributed by atoms with Gasteiger partial charge in [-0.3, -0.25) is 0 Å². The Hall–Kier alpha value is -0.930. The molecule has 0 aromatic carbocycles. The van der Waals surface area contributed by atoms with Crippen molar-refractivity contribution >= 4 is 27.4 Å². The average molecular weight is 321 g/mol. The number of sulfonamides is 1. The van der Waals surface area contributed by atoms with Gasteiger partial charge in [0, 0.05) is 19.3 Å². The quantitative estimate of drug-likeness (QED) is 0.548. The average Bonchev–Trinajstić information content (AvgIpc) is 2.89. The van der Waals surface area contributed by atoms with E-state index in [0.717, 1.165) is 0 Å². The maximum atomic E-state index is 12.4. The van der Waals surface area contributed by atoms with E-state index in [9.17, 15) is 13.5 Å². The molecule has 0 radical (unpaired) electrons. The van der Waals surface area contributed by atoms with Gasteiger partial charge in [0.15, 0.2) is 5.82 Å². The number of hydrogen-bond acceptors (Lipinski definition) is 6. The van der Waals surface area contributed by atoms with Gasteiger partial charge < -0.3 is 10.5 Å². The molecule has 20 heavy (non-hydrogen) atoms. The van der Waals surface area contributed by atoms with Gasteiger partial charge in [-0.05, 0) is 25.3 Å². The second-order valence-corrected chi connectivity index (χ2v) is 7.14. The van der Waals surface area contributed by atoms with Gasteiger partial charge >= 0.3 is 0 Å². The lowest BCUT2D eigenvalue weighted by atomic mass is 10.0. The van der Waals surface area contributed by atoms with E-state index in [1.54, 1.807) is 6.92 Å². The highest BCUT2D eigenvalue weighted by molar-refractivity contribution is 7.89. The van der Waals surface area contributed by atoms with Crippen LogP contribution >= 0.6 is 11.6 Å². The van der Waals surface area contributed by atoms with Crippen molar-refractivity contribution in [1.82, 2.24) is 9.29 Å². The van der Waals surface area contributed by atoms with E-state index in [0.29, 0.717) is 19.5 Å². The molecule has 4 N–H and O–H groups in total. The molecular formula is C11H17ClN4O3S. The monoisotopic (exact) mass is 320 g/mol. The van der Waals surface area contributed by atoms with Crippen LogP contribution in [0.25, 0.3) is 0 Å². The van der Waals surface area contributed by atoms with Crippen LogP contribution in [0.2, 0.25) is 5.02 Å². The molecule has 1 fully saturated rings. The van der Waals surface area contributed by atoms with Gasteiger partial charge in [0.2, 0.25) is 10.0 Å². The Kier molecular flexibility index (Phi) is 4.50. The highest BCUT2D eigenvalue weighted by Gasteiger charge is 2.34. The predicted octanol–water partition coefficient (Wildman–Crippen LogP) is 0.412. The number of nitrogens with one attached hydrogen (secondary N) is 1. The van der Waals surface area contributed by atoms with E-state index in [4.69, 9.17) is 17.4 Å². The van der Waals surface area contributed by atoms with Crippen LogP contribution in [-0.4, -0.2) is 42.0 Å². The highest BCUT2D eigenvalue weighted by atomic mass is 35.5. The van der Waals surface area contributed by atoms with Gasteiger partial charge in [-0.2, -0.15) is 4.31 Å². The van der Waals surface area contributed by atoms with E-state index in [1.165, 1.54) is 16.6 Å². The lowest BCUT2D eigenvalue weighted by molar-refractivity contribution is 0.133. The first-order valence-electron chi connectivity index (χ1n) is 6.16. The minimum atomic E-state index is -3.65. The summed E-state index contributed by atoms with van der Waals surface area (Å²) in [5, 5.41) is 9.68. The summed E-state index contributed by atoms with van der Waals surface area (Å²) < 4.78 is 26.2. The number of rotatable bonds is 4. The molecule has 2 rings (SSSR count). The summed E-state index contributed by atoms with van der Waals surface area (Å²) in [6.07, 6.45) is 1.33. The Bertz CT molecular complexity index is 593. The van der Waals surface area contributed by atoms with Crippen molar-refractivity contribution in [3.05, 3.63) is 17.3 Å². The summed E-state index contributed by atoms with van der Waals surface area (Å²) in [7, 11) is -3.65. The van der Waals surface area contributed by atoms with Crippen LogP contribution in [0.4, 0.5) is 5.82 Å². The number of aliphatic hydroxyl groups excluding tert-OH is 1. The van der Waals surface area contributed by atoms with Crippen LogP contribution in [0.15, 0.2) is 17.2 Å². The molecule has 1 aromatic heterocycles. The maximum Gasteiger partial charge on any atom is 0.244 e. The van der Waals surface area contributed by atoms with Gasteiger partial charge in [0.1, 0.15) is 4.90 Å². The Morgan fingerprint density at radius 3 is 2.85 bits per heavy atom. The van der Waals surface area contributed by atoms with Crippen LogP contribution in [0.5, 0.6) is 0 Å². The van der Waals surface area contributed by atoms with Crippen molar-refractivity contribution < 1.29 is 13.5 Å². The SMILES string of the molecule is CC(O)C1CCN(S(=O)(=O)c2cnc(NN)c(Cl)c2)C1. The third-order valence-electron chi connectivity index (χ3n) is 3.46. The number of nitrogens with zero attached hydrogens (tertiary/aromatic N) is 2. The van der Waals surface area contributed by atoms with E-state index in [1.807, 2.05) is 0 Å². The number of aliphatic hydroxyl groups is 1. The van der Waals surface area contributed by atoms with Crippen LogP contribution in [0.3, 0.4) is 0 Å². The lowest BCUT2D eigenvalue weighted by Gasteiger charge is -2.18. The minimum Gasteiger partial charge on any atom is -0.393 e. The van der Waals surface area contributed by atoms with Gasteiger partial charge in [-0.15, -0.1) is 0 Å². The molecule has 1 aliphatic rings. The first kappa shape index (κ1) is 15.5. The first-order chi connectivity index (χ1) is 9.36. The summed E-state index contributed by atoms with van der Waals surface area (Å²) in [6, 6.07) is 1.31. The standard InChI is InChI=1S/C11H17ClN4O3S/c1-7(17)8-2-3-16(6-8)20(18,19)9-4-10(12)11(15-13)14-5-9/h4-5,7-8,17H,2-3,6,13H2,1H3,(H,14,15). The Morgan fingerprint density at radius 2 is 2.35 bits per heavy atom. The summed E-state index contributed by atoms with van der Waals surface area (Å²) in [6.45, 7) is 2.35. The smallest absolute Gasteiger partial charge is 0.244 e.